The average molecular weight is 254 g/mol. The van der Waals surface area contributed by atoms with Crippen LogP contribution < -0.4 is 11.1 Å². The zero-order valence-electron chi connectivity index (χ0n) is 9.36. The first-order valence-corrected chi connectivity index (χ1v) is 6.71. The lowest BCUT2D eigenvalue weighted by molar-refractivity contribution is -0.120. The molecule has 1 saturated heterocycles. The van der Waals surface area contributed by atoms with E-state index in [0.29, 0.717) is 6.04 Å². The second kappa shape index (κ2) is 5.51. The Morgan fingerprint density at radius 2 is 2.18 bits per heavy atom. The fraction of sp³-hybridized carbons (Fsp3) is 0.417. The maximum atomic E-state index is 12.8. The predicted octanol–water partition coefficient (Wildman–Crippen LogP) is 1.45. The molecule has 5 heteroatoms. The molecule has 0 spiro atoms. The van der Waals surface area contributed by atoms with Gasteiger partial charge >= 0.3 is 0 Å². The number of hydrogen-bond donors (Lipinski definition) is 2. The lowest BCUT2D eigenvalue weighted by atomic mass is 10.0. The minimum Gasteiger partial charge on any atom is -0.368 e. The molecule has 1 aromatic carbocycles. The van der Waals surface area contributed by atoms with Gasteiger partial charge in [-0.15, -0.1) is 0 Å². The maximum absolute atomic E-state index is 12.8. The molecule has 3 N–H and O–H groups in total. The number of primary amides is 1. The molecular weight excluding hydrogens is 239 g/mol. The molecule has 2 rings (SSSR count). The van der Waals surface area contributed by atoms with Gasteiger partial charge in [-0.1, -0.05) is 12.1 Å². The van der Waals surface area contributed by atoms with Crippen molar-refractivity contribution in [2.45, 2.75) is 18.5 Å². The van der Waals surface area contributed by atoms with Gasteiger partial charge in [0.1, 0.15) is 11.9 Å². The summed E-state index contributed by atoms with van der Waals surface area (Å²) in [4.78, 5) is 11.4. The summed E-state index contributed by atoms with van der Waals surface area (Å²) < 4.78 is 12.8. The summed E-state index contributed by atoms with van der Waals surface area (Å²) in [7, 11) is 0. The molecule has 92 valence electrons. The Bertz CT molecular complexity index is 390. The van der Waals surface area contributed by atoms with Gasteiger partial charge in [-0.25, -0.2) is 4.39 Å². The molecule has 0 unspecified atom stereocenters. The average Bonchev–Trinajstić information content (AvgIpc) is 2.80. The number of amides is 1. The number of thioether (sulfide) groups is 1. The molecule has 1 fully saturated rings. The lowest BCUT2D eigenvalue weighted by Gasteiger charge is -2.20. The maximum Gasteiger partial charge on any atom is 0.239 e. The second-order valence-electron chi connectivity index (χ2n) is 4.11. The molecule has 1 aliphatic rings. The van der Waals surface area contributed by atoms with Gasteiger partial charge in [0.2, 0.25) is 5.91 Å². The van der Waals surface area contributed by atoms with Crippen LogP contribution in [0.5, 0.6) is 0 Å². The highest BCUT2D eigenvalue weighted by atomic mass is 32.2. The largest absolute Gasteiger partial charge is 0.368 e. The minimum absolute atomic E-state index is 0.308. The van der Waals surface area contributed by atoms with Crippen molar-refractivity contribution in [1.82, 2.24) is 5.32 Å². The van der Waals surface area contributed by atoms with Crippen LogP contribution in [0.1, 0.15) is 18.0 Å². The second-order valence-corrected chi connectivity index (χ2v) is 5.26. The standard InChI is InChI=1S/C12H15FN2OS/c13-9-3-1-8(2-4-9)11(12(14)16)15-10-5-6-17-7-10/h1-4,10-11,15H,5-7H2,(H2,14,16)/t10-,11-/m1/s1. The molecule has 1 heterocycles. The van der Waals surface area contributed by atoms with E-state index in [4.69, 9.17) is 5.73 Å². The van der Waals surface area contributed by atoms with Crippen molar-refractivity contribution in [1.29, 1.82) is 0 Å². The summed E-state index contributed by atoms with van der Waals surface area (Å²) in [6.07, 6.45) is 1.04. The first-order valence-electron chi connectivity index (χ1n) is 5.55. The van der Waals surface area contributed by atoms with E-state index in [2.05, 4.69) is 5.32 Å². The van der Waals surface area contributed by atoms with Crippen molar-refractivity contribution in [3.8, 4) is 0 Å². The van der Waals surface area contributed by atoms with E-state index in [9.17, 15) is 9.18 Å². The third-order valence-electron chi connectivity index (χ3n) is 2.82. The molecule has 1 aliphatic heterocycles. The summed E-state index contributed by atoms with van der Waals surface area (Å²) in [5, 5.41) is 3.23. The highest BCUT2D eigenvalue weighted by Crippen LogP contribution is 2.21. The Hall–Kier alpha value is -1.07. The summed E-state index contributed by atoms with van der Waals surface area (Å²) in [5.74, 6) is 1.36. The van der Waals surface area contributed by atoms with Gasteiger partial charge in [-0.05, 0) is 29.9 Å². The van der Waals surface area contributed by atoms with Crippen LogP contribution in [-0.2, 0) is 4.79 Å². The van der Waals surface area contributed by atoms with E-state index >= 15 is 0 Å². The number of nitrogens with one attached hydrogen (secondary N) is 1. The van der Waals surface area contributed by atoms with Gasteiger partial charge in [0.15, 0.2) is 0 Å². The number of carbonyl (C=O) groups is 1. The van der Waals surface area contributed by atoms with E-state index < -0.39 is 11.9 Å². The van der Waals surface area contributed by atoms with Crippen molar-refractivity contribution in [3.63, 3.8) is 0 Å². The lowest BCUT2D eigenvalue weighted by Crippen LogP contribution is -2.40. The van der Waals surface area contributed by atoms with Crippen LogP contribution in [0.15, 0.2) is 24.3 Å². The molecule has 17 heavy (non-hydrogen) atoms. The molecule has 0 aliphatic carbocycles. The van der Waals surface area contributed by atoms with Crippen molar-refractivity contribution in [3.05, 3.63) is 35.6 Å². The third kappa shape index (κ3) is 3.20. The molecule has 0 saturated carbocycles. The van der Waals surface area contributed by atoms with E-state index in [0.717, 1.165) is 23.5 Å². The smallest absolute Gasteiger partial charge is 0.239 e. The Labute approximate surface area is 104 Å². The molecule has 1 amide bonds. The number of halogens is 1. The highest BCUT2D eigenvalue weighted by Gasteiger charge is 2.24. The SMILES string of the molecule is NC(=O)[C@H](N[C@@H]1CCSC1)c1ccc(F)cc1. The first kappa shape index (κ1) is 12.4. The Morgan fingerprint density at radius 1 is 1.47 bits per heavy atom. The van der Waals surface area contributed by atoms with Gasteiger partial charge in [-0.3, -0.25) is 10.1 Å². The zero-order valence-corrected chi connectivity index (χ0v) is 10.2. The first-order chi connectivity index (χ1) is 8.16. The highest BCUT2D eigenvalue weighted by molar-refractivity contribution is 7.99. The van der Waals surface area contributed by atoms with Crippen LogP contribution in [0.25, 0.3) is 0 Å². The predicted molar refractivity (Wildman–Crippen MR) is 67.2 cm³/mol. The molecule has 0 radical (unpaired) electrons. The summed E-state index contributed by atoms with van der Waals surface area (Å²) in [6, 6.07) is 5.66. The van der Waals surface area contributed by atoms with E-state index in [1.807, 2.05) is 11.8 Å². The van der Waals surface area contributed by atoms with Crippen LogP contribution in [0.3, 0.4) is 0 Å². The third-order valence-corrected chi connectivity index (χ3v) is 3.98. The monoisotopic (exact) mass is 254 g/mol. The Kier molecular flexibility index (Phi) is 4.02. The Balaban J connectivity index is 2.10. The van der Waals surface area contributed by atoms with Crippen molar-refractivity contribution in [2.24, 2.45) is 5.73 Å². The normalized spacial score (nSPS) is 21.4. The Morgan fingerprint density at radius 3 is 2.71 bits per heavy atom. The summed E-state index contributed by atoms with van der Waals surface area (Å²) >= 11 is 1.86. The van der Waals surface area contributed by atoms with Crippen molar-refractivity contribution < 1.29 is 9.18 Å². The van der Waals surface area contributed by atoms with Crippen LogP contribution in [0.4, 0.5) is 4.39 Å². The van der Waals surface area contributed by atoms with Crippen molar-refractivity contribution >= 4 is 17.7 Å². The fourth-order valence-corrected chi connectivity index (χ4v) is 3.06. The summed E-state index contributed by atoms with van der Waals surface area (Å²) in [6.45, 7) is 0. The fourth-order valence-electron chi connectivity index (χ4n) is 1.90. The number of rotatable bonds is 4. The molecule has 0 aromatic heterocycles. The number of hydrogen-bond acceptors (Lipinski definition) is 3. The van der Waals surface area contributed by atoms with Gasteiger partial charge in [0, 0.05) is 11.8 Å². The van der Waals surface area contributed by atoms with Crippen LogP contribution >= 0.6 is 11.8 Å². The van der Waals surface area contributed by atoms with Gasteiger partial charge in [-0.2, -0.15) is 11.8 Å². The quantitative estimate of drug-likeness (QED) is 0.855. The van der Waals surface area contributed by atoms with Crippen LogP contribution in [-0.4, -0.2) is 23.5 Å². The summed E-state index contributed by atoms with van der Waals surface area (Å²) in [5.41, 5.74) is 6.10. The van der Waals surface area contributed by atoms with Gasteiger partial charge in [0.05, 0.1) is 0 Å². The number of nitrogens with two attached hydrogens (primary N) is 1. The topological polar surface area (TPSA) is 55.1 Å². The molecule has 0 bridgehead atoms. The zero-order chi connectivity index (χ0) is 12.3. The number of carbonyl (C=O) groups excluding carboxylic acids is 1. The molecule has 3 nitrogen and oxygen atoms in total. The van der Waals surface area contributed by atoms with Crippen LogP contribution in [0.2, 0.25) is 0 Å². The molecular formula is C12H15FN2OS. The van der Waals surface area contributed by atoms with E-state index in [1.54, 1.807) is 12.1 Å². The van der Waals surface area contributed by atoms with Crippen molar-refractivity contribution in [2.75, 3.05) is 11.5 Å². The van der Waals surface area contributed by atoms with E-state index in [1.165, 1.54) is 12.1 Å². The van der Waals surface area contributed by atoms with Gasteiger partial charge < -0.3 is 5.73 Å². The van der Waals surface area contributed by atoms with Crippen LogP contribution in [0, 0.1) is 5.82 Å². The molecule has 2 atom stereocenters. The van der Waals surface area contributed by atoms with Gasteiger partial charge in [0.25, 0.3) is 0 Å². The number of benzene rings is 1. The molecule has 1 aromatic rings. The minimum atomic E-state index is -0.528. The van der Waals surface area contributed by atoms with E-state index in [-0.39, 0.29) is 5.82 Å².